The molecule has 0 atom stereocenters. The van der Waals surface area contributed by atoms with Crippen LogP contribution in [0.5, 0.6) is 11.5 Å². The molecular formula is C25H28Br4O2. The first-order valence-electron chi connectivity index (χ1n) is 10.4. The molecule has 0 aromatic heterocycles. The quantitative estimate of drug-likeness (QED) is 0.155. The van der Waals surface area contributed by atoms with E-state index in [9.17, 15) is 0 Å². The molecule has 6 heteroatoms. The van der Waals surface area contributed by atoms with Crippen LogP contribution in [0.15, 0.2) is 67.5 Å². The molecule has 2 rings (SSSR count). The maximum absolute atomic E-state index is 5.97. The Morgan fingerprint density at radius 2 is 1.10 bits per heavy atom. The summed E-state index contributed by atoms with van der Waals surface area (Å²) in [6, 6.07) is 8.62. The number of rotatable bonds is 13. The van der Waals surface area contributed by atoms with E-state index >= 15 is 0 Å². The Morgan fingerprint density at radius 3 is 1.39 bits per heavy atom. The maximum atomic E-state index is 5.97. The minimum atomic E-state index is 0.241. The number of hydrogen-bond donors (Lipinski definition) is 0. The maximum Gasteiger partial charge on any atom is 0.147 e. The summed E-state index contributed by atoms with van der Waals surface area (Å²) >= 11 is 14.8. The monoisotopic (exact) mass is 676 g/mol. The van der Waals surface area contributed by atoms with Crippen LogP contribution in [0.2, 0.25) is 0 Å². The molecule has 2 aromatic carbocycles. The van der Waals surface area contributed by atoms with Crippen molar-refractivity contribution in [3.63, 3.8) is 0 Å². The molecule has 0 radical (unpaired) electrons. The van der Waals surface area contributed by atoms with Gasteiger partial charge in [0.25, 0.3) is 0 Å². The van der Waals surface area contributed by atoms with E-state index in [2.05, 4.69) is 108 Å². The van der Waals surface area contributed by atoms with Crippen molar-refractivity contribution in [2.75, 3.05) is 13.2 Å². The normalized spacial score (nSPS) is 10.9. The average molecular weight is 680 g/mol. The molecule has 2 nitrogen and oxygen atoms in total. The zero-order valence-electron chi connectivity index (χ0n) is 17.7. The fraction of sp³-hybridized carbons (Fsp3) is 0.360. The van der Waals surface area contributed by atoms with Crippen molar-refractivity contribution in [3.05, 3.63) is 78.6 Å². The van der Waals surface area contributed by atoms with Crippen LogP contribution in [0.1, 0.15) is 56.1 Å². The molecule has 0 aliphatic rings. The first-order chi connectivity index (χ1) is 14.9. The standard InChI is InChI=1S/C25H28Br4O2/c1-4-7-9-11-30-24-20(26)13-17(14-21(24)27)19(6-3)18-15-22(28)25(23(29)16-18)31-12-10-8-5-2/h4-5,13-16,19H,1-2,6-12H2,3H3. The lowest BCUT2D eigenvalue weighted by Crippen LogP contribution is -2.04. The van der Waals surface area contributed by atoms with Gasteiger partial charge < -0.3 is 9.47 Å². The second-order valence-electron chi connectivity index (χ2n) is 7.15. The SMILES string of the molecule is C=CCCCOc1c(Br)cc(C(CC)c2cc(Br)c(OCCCC=C)c(Br)c2)cc1Br. The van der Waals surface area contributed by atoms with Crippen molar-refractivity contribution in [2.45, 2.75) is 44.9 Å². The molecule has 0 unspecified atom stereocenters. The predicted molar refractivity (Wildman–Crippen MR) is 146 cm³/mol. The van der Waals surface area contributed by atoms with Gasteiger partial charge in [-0.25, -0.2) is 0 Å². The molecule has 0 amide bonds. The van der Waals surface area contributed by atoms with Crippen molar-refractivity contribution in [1.82, 2.24) is 0 Å². The Hall–Kier alpha value is -0.560. The summed E-state index contributed by atoms with van der Waals surface area (Å²) in [5.41, 5.74) is 2.44. The molecule has 2 aromatic rings. The van der Waals surface area contributed by atoms with Crippen LogP contribution in [0.4, 0.5) is 0 Å². The van der Waals surface area contributed by atoms with Crippen LogP contribution in [0, 0.1) is 0 Å². The van der Waals surface area contributed by atoms with Crippen molar-refractivity contribution in [1.29, 1.82) is 0 Å². The molecule has 0 saturated carbocycles. The number of ether oxygens (including phenoxy) is 2. The Labute approximate surface area is 220 Å². The van der Waals surface area contributed by atoms with Crippen LogP contribution in [-0.2, 0) is 0 Å². The predicted octanol–water partition coefficient (Wildman–Crippen LogP) is 9.97. The summed E-state index contributed by atoms with van der Waals surface area (Å²) in [6.07, 6.45) is 8.59. The van der Waals surface area contributed by atoms with Gasteiger partial charge in [-0.05, 0) is 131 Å². The van der Waals surface area contributed by atoms with Crippen molar-refractivity contribution in [3.8, 4) is 11.5 Å². The molecule has 0 spiro atoms. The first kappa shape index (κ1) is 26.7. The minimum absolute atomic E-state index is 0.241. The van der Waals surface area contributed by atoms with Gasteiger partial charge in [-0.2, -0.15) is 0 Å². The lowest BCUT2D eigenvalue weighted by atomic mass is 9.89. The number of unbranched alkanes of at least 4 members (excludes halogenated alkanes) is 2. The zero-order valence-corrected chi connectivity index (χ0v) is 24.1. The highest BCUT2D eigenvalue weighted by molar-refractivity contribution is 9.11. The number of allylic oxidation sites excluding steroid dienone is 2. The van der Waals surface area contributed by atoms with Gasteiger partial charge in [0.05, 0.1) is 31.1 Å². The Morgan fingerprint density at radius 1 is 0.742 bits per heavy atom. The second-order valence-corrected chi connectivity index (χ2v) is 10.6. The van der Waals surface area contributed by atoms with Gasteiger partial charge in [-0.1, -0.05) is 19.1 Å². The van der Waals surface area contributed by atoms with Gasteiger partial charge in [0.15, 0.2) is 0 Å². The van der Waals surface area contributed by atoms with Crippen molar-refractivity contribution < 1.29 is 9.47 Å². The summed E-state index contributed by atoms with van der Waals surface area (Å²) in [6.45, 7) is 11.0. The average Bonchev–Trinajstić information content (AvgIpc) is 2.72. The Bertz CT molecular complexity index is 778. The van der Waals surface area contributed by atoms with Crippen molar-refractivity contribution >= 4 is 63.7 Å². The molecule has 31 heavy (non-hydrogen) atoms. The summed E-state index contributed by atoms with van der Waals surface area (Å²) in [4.78, 5) is 0. The molecule has 0 aliphatic heterocycles. The summed E-state index contributed by atoms with van der Waals surface area (Å²) in [5.74, 6) is 1.92. The molecular weight excluding hydrogens is 652 g/mol. The fourth-order valence-electron chi connectivity index (χ4n) is 3.30. The highest BCUT2D eigenvalue weighted by Gasteiger charge is 2.19. The topological polar surface area (TPSA) is 18.5 Å². The Balaban J connectivity index is 2.25. The highest BCUT2D eigenvalue weighted by Crippen LogP contribution is 2.42. The number of hydrogen-bond acceptors (Lipinski definition) is 2. The van der Waals surface area contributed by atoms with Crippen LogP contribution in [-0.4, -0.2) is 13.2 Å². The molecule has 0 saturated heterocycles. The van der Waals surface area contributed by atoms with E-state index in [1.54, 1.807) is 0 Å². The molecule has 168 valence electrons. The van der Waals surface area contributed by atoms with Gasteiger partial charge in [-0.3, -0.25) is 0 Å². The van der Waals surface area contributed by atoms with E-state index in [0.717, 1.165) is 61.5 Å². The largest absolute Gasteiger partial charge is 0.491 e. The molecule has 0 bridgehead atoms. The summed E-state index contributed by atoms with van der Waals surface area (Å²) in [7, 11) is 0. The third-order valence-electron chi connectivity index (χ3n) is 4.85. The minimum Gasteiger partial charge on any atom is -0.491 e. The molecule has 0 N–H and O–H groups in total. The third-order valence-corrected chi connectivity index (χ3v) is 7.21. The van der Waals surface area contributed by atoms with Crippen LogP contribution < -0.4 is 9.47 Å². The van der Waals surface area contributed by atoms with Gasteiger partial charge >= 0.3 is 0 Å². The van der Waals surface area contributed by atoms with Crippen LogP contribution in [0.3, 0.4) is 0 Å². The Kier molecular flexibility index (Phi) is 11.9. The zero-order chi connectivity index (χ0) is 22.8. The van der Waals surface area contributed by atoms with Gasteiger partial charge in [0, 0.05) is 5.92 Å². The lowest BCUT2D eigenvalue weighted by molar-refractivity contribution is 0.308. The van der Waals surface area contributed by atoms with E-state index in [0.29, 0.717) is 13.2 Å². The molecule has 0 aliphatic carbocycles. The van der Waals surface area contributed by atoms with Gasteiger partial charge in [0.2, 0.25) is 0 Å². The lowest BCUT2D eigenvalue weighted by Gasteiger charge is -2.21. The number of benzene rings is 2. The van der Waals surface area contributed by atoms with E-state index in [-0.39, 0.29) is 5.92 Å². The third kappa shape index (κ3) is 7.76. The van der Waals surface area contributed by atoms with Gasteiger partial charge in [0.1, 0.15) is 11.5 Å². The summed E-state index contributed by atoms with van der Waals surface area (Å²) in [5, 5.41) is 0. The molecule has 0 fully saturated rings. The van der Waals surface area contributed by atoms with E-state index in [4.69, 9.17) is 9.47 Å². The number of halogens is 4. The first-order valence-corrected chi connectivity index (χ1v) is 13.5. The fourth-order valence-corrected chi connectivity index (χ4v) is 6.21. The van der Waals surface area contributed by atoms with E-state index < -0.39 is 0 Å². The highest BCUT2D eigenvalue weighted by atomic mass is 79.9. The van der Waals surface area contributed by atoms with Crippen LogP contribution in [0.25, 0.3) is 0 Å². The smallest absolute Gasteiger partial charge is 0.147 e. The molecule has 0 heterocycles. The van der Waals surface area contributed by atoms with E-state index in [1.807, 2.05) is 12.2 Å². The van der Waals surface area contributed by atoms with Crippen molar-refractivity contribution in [2.24, 2.45) is 0 Å². The van der Waals surface area contributed by atoms with Gasteiger partial charge in [-0.15, -0.1) is 13.2 Å². The van der Waals surface area contributed by atoms with E-state index in [1.165, 1.54) is 11.1 Å². The van der Waals surface area contributed by atoms with Crippen LogP contribution >= 0.6 is 63.7 Å². The summed E-state index contributed by atoms with van der Waals surface area (Å²) < 4.78 is 15.8. The second kappa shape index (κ2) is 13.9.